The molecule has 0 radical (unpaired) electrons. The molecule has 0 saturated carbocycles. The van der Waals surface area contributed by atoms with E-state index in [2.05, 4.69) is 203 Å². The van der Waals surface area contributed by atoms with Crippen LogP contribution in [0.1, 0.15) is 37.5 Å². The van der Waals surface area contributed by atoms with E-state index in [0.717, 1.165) is 18.7 Å². The van der Waals surface area contributed by atoms with Gasteiger partial charge in [-0.3, -0.25) is 0 Å². The maximum atomic E-state index is 3.89. The quantitative estimate of drug-likeness (QED) is 0.177. The molecular weight excluding hydrogens is 695 g/mol. The van der Waals surface area contributed by atoms with E-state index in [-0.39, 0.29) is 5.41 Å². The minimum absolute atomic E-state index is 0.0938. The van der Waals surface area contributed by atoms with Crippen LogP contribution in [0.25, 0.3) is 53.2 Å². The van der Waals surface area contributed by atoms with Gasteiger partial charge in [0.05, 0.1) is 0 Å². The fourth-order valence-electron chi connectivity index (χ4n) is 8.73. The van der Waals surface area contributed by atoms with Crippen LogP contribution in [0.5, 0.6) is 0 Å². The standard InChI is InChI=1S/C52H43BN2S/c1-32-27-42(50-39-16-10-9-15-35(39)19-25-44(50)54-38-23-21-37(22-24-38)52(3,4)5)51-47(28-32)55(45-26-20-36(29-33(45)2)34-13-7-6-8-14-34)46-31-49-41(30-43(46)53-51)40-17-11-12-18-48(40)56-49/h6-31,53-54H,1-5H3. The fourth-order valence-corrected chi connectivity index (χ4v) is 9.85. The molecular formula is C52H43BN2S. The van der Waals surface area contributed by atoms with E-state index in [1.165, 1.54) is 97.9 Å². The zero-order chi connectivity index (χ0) is 38.1. The van der Waals surface area contributed by atoms with Crippen molar-refractivity contribution in [1.82, 2.24) is 0 Å². The van der Waals surface area contributed by atoms with Crippen LogP contribution >= 0.6 is 11.3 Å². The second kappa shape index (κ2) is 13.3. The first kappa shape index (κ1) is 34.4. The molecule has 1 N–H and O–H groups in total. The molecule has 2 nitrogen and oxygen atoms in total. The van der Waals surface area contributed by atoms with Gasteiger partial charge in [-0.25, -0.2) is 0 Å². The Morgan fingerprint density at radius 2 is 1.32 bits per heavy atom. The Balaban J connectivity index is 1.21. The molecule has 2 heterocycles. The predicted octanol–water partition coefficient (Wildman–Crippen LogP) is 13.4. The van der Waals surface area contributed by atoms with Crippen molar-refractivity contribution in [3.8, 4) is 22.3 Å². The van der Waals surface area contributed by atoms with Gasteiger partial charge in [0.15, 0.2) is 7.28 Å². The lowest BCUT2D eigenvalue weighted by molar-refractivity contribution is 0.590. The van der Waals surface area contributed by atoms with Crippen molar-refractivity contribution in [2.45, 2.75) is 40.0 Å². The molecule has 1 aliphatic rings. The molecule has 0 saturated heterocycles. The molecule has 0 aliphatic carbocycles. The van der Waals surface area contributed by atoms with Gasteiger partial charge in [0.25, 0.3) is 0 Å². The van der Waals surface area contributed by atoms with Crippen molar-refractivity contribution in [2.24, 2.45) is 0 Å². The van der Waals surface area contributed by atoms with E-state index < -0.39 is 0 Å². The topological polar surface area (TPSA) is 15.3 Å². The Morgan fingerprint density at radius 1 is 0.571 bits per heavy atom. The summed E-state index contributed by atoms with van der Waals surface area (Å²) in [6, 6.07) is 58.6. The van der Waals surface area contributed by atoms with E-state index in [1.54, 1.807) is 0 Å². The van der Waals surface area contributed by atoms with Crippen LogP contribution in [0.15, 0.2) is 158 Å². The van der Waals surface area contributed by atoms with Gasteiger partial charge in [0.2, 0.25) is 0 Å². The van der Waals surface area contributed by atoms with Crippen LogP contribution in [-0.2, 0) is 5.41 Å². The molecule has 8 aromatic carbocycles. The SMILES string of the molecule is Cc1cc(-c2c(Nc3ccc(C(C)(C)C)cc3)ccc3ccccc23)c2c(c1)N(c1ccc(-c3ccccc3)cc1C)c1cc3sc4ccccc4c3cc1B2. The highest BCUT2D eigenvalue weighted by Gasteiger charge is 2.31. The summed E-state index contributed by atoms with van der Waals surface area (Å²) >= 11 is 1.89. The van der Waals surface area contributed by atoms with Crippen molar-refractivity contribution >= 4 is 88.9 Å². The third kappa shape index (κ3) is 5.88. The molecule has 270 valence electrons. The number of thiophene rings is 1. The molecule has 10 rings (SSSR count). The van der Waals surface area contributed by atoms with Crippen molar-refractivity contribution in [3.63, 3.8) is 0 Å². The number of hydrogen-bond donors (Lipinski definition) is 1. The highest BCUT2D eigenvalue weighted by Crippen LogP contribution is 2.45. The largest absolute Gasteiger partial charge is 0.355 e. The second-order valence-electron chi connectivity index (χ2n) is 16.4. The summed E-state index contributed by atoms with van der Waals surface area (Å²) in [5, 5.41) is 9.04. The average molecular weight is 739 g/mol. The normalized spacial score (nSPS) is 12.5. The summed E-state index contributed by atoms with van der Waals surface area (Å²) in [4.78, 5) is 2.56. The Bertz CT molecular complexity index is 2970. The van der Waals surface area contributed by atoms with Gasteiger partial charge in [0.1, 0.15) is 0 Å². The molecule has 9 aromatic rings. The van der Waals surface area contributed by atoms with Crippen LogP contribution in [0.4, 0.5) is 28.4 Å². The second-order valence-corrected chi connectivity index (χ2v) is 17.5. The van der Waals surface area contributed by atoms with Gasteiger partial charge in [-0.15, -0.1) is 11.3 Å². The number of anilines is 5. The Labute approximate surface area is 334 Å². The molecule has 0 atom stereocenters. The summed E-state index contributed by atoms with van der Waals surface area (Å²) in [7, 11) is 0.834. The lowest BCUT2D eigenvalue weighted by atomic mass is 9.57. The van der Waals surface area contributed by atoms with Crippen LogP contribution in [0.3, 0.4) is 0 Å². The lowest BCUT2D eigenvalue weighted by Crippen LogP contribution is -2.41. The molecule has 1 aromatic heterocycles. The predicted molar refractivity (Wildman–Crippen MR) is 247 cm³/mol. The molecule has 0 fully saturated rings. The van der Waals surface area contributed by atoms with Gasteiger partial charge in [-0.1, -0.05) is 135 Å². The summed E-state index contributed by atoms with van der Waals surface area (Å²) < 4.78 is 2.65. The zero-order valence-corrected chi connectivity index (χ0v) is 33.4. The minimum atomic E-state index is 0.0938. The van der Waals surface area contributed by atoms with Crippen LogP contribution in [0, 0.1) is 13.8 Å². The van der Waals surface area contributed by atoms with Gasteiger partial charge < -0.3 is 10.2 Å². The molecule has 0 spiro atoms. The minimum Gasteiger partial charge on any atom is -0.355 e. The smallest absolute Gasteiger partial charge is 0.198 e. The maximum Gasteiger partial charge on any atom is 0.198 e. The number of rotatable bonds is 5. The molecule has 0 unspecified atom stereocenters. The molecule has 4 heteroatoms. The first-order chi connectivity index (χ1) is 27.2. The highest BCUT2D eigenvalue weighted by molar-refractivity contribution is 7.25. The summed E-state index contributed by atoms with van der Waals surface area (Å²) in [6.07, 6.45) is 0. The Kier molecular flexibility index (Phi) is 8.16. The number of nitrogens with zero attached hydrogens (tertiary/aromatic N) is 1. The first-order valence-corrected chi connectivity index (χ1v) is 20.4. The van der Waals surface area contributed by atoms with Gasteiger partial charge in [-0.2, -0.15) is 0 Å². The molecule has 0 bridgehead atoms. The molecule has 0 amide bonds. The Morgan fingerprint density at radius 3 is 2.11 bits per heavy atom. The maximum absolute atomic E-state index is 3.89. The van der Waals surface area contributed by atoms with Crippen LogP contribution in [-0.4, -0.2) is 7.28 Å². The van der Waals surface area contributed by atoms with E-state index in [4.69, 9.17) is 0 Å². The van der Waals surface area contributed by atoms with Crippen LogP contribution < -0.4 is 21.1 Å². The Hall–Kier alpha value is -6.10. The third-order valence-corrected chi connectivity index (χ3v) is 12.7. The first-order valence-electron chi connectivity index (χ1n) is 19.6. The van der Waals surface area contributed by atoms with Crippen molar-refractivity contribution in [1.29, 1.82) is 0 Å². The monoisotopic (exact) mass is 738 g/mol. The number of nitrogens with one attached hydrogen (secondary N) is 1. The summed E-state index contributed by atoms with van der Waals surface area (Å²) in [5.41, 5.74) is 17.5. The fraction of sp³-hybridized carbons (Fsp3) is 0.115. The van der Waals surface area contributed by atoms with E-state index in [1.807, 2.05) is 11.3 Å². The average Bonchev–Trinajstić information content (AvgIpc) is 3.57. The molecule has 1 aliphatic heterocycles. The number of fused-ring (bicyclic) bond motifs is 6. The number of hydrogen-bond acceptors (Lipinski definition) is 3. The van der Waals surface area contributed by atoms with Crippen molar-refractivity contribution < 1.29 is 0 Å². The van der Waals surface area contributed by atoms with Crippen LogP contribution in [0.2, 0.25) is 0 Å². The summed E-state index contributed by atoms with van der Waals surface area (Å²) in [6.45, 7) is 11.3. The van der Waals surface area contributed by atoms with Gasteiger partial charge in [-0.05, 0) is 123 Å². The molecule has 56 heavy (non-hydrogen) atoms. The van der Waals surface area contributed by atoms with Crippen molar-refractivity contribution in [3.05, 3.63) is 174 Å². The lowest BCUT2D eigenvalue weighted by Gasteiger charge is -2.36. The number of benzene rings is 8. The third-order valence-electron chi connectivity index (χ3n) is 11.6. The van der Waals surface area contributed by atoms with Gasteiger partial charge in [0, 0.05) is 48.8 Å². The van der Waals surface area contributed by atoms with E-state index in [0.29, 0.717) is 0 Å². The van der Waals surface area contributed by atoms with Gasteiger partial charge >= 0.3 is 0 Å². The van der Waals surface area contributed by atoms with E-state index >= 15 is 0 Å². The summed E-state index contributed by atoms with van der Waals surface area (Å²) in [5.74, 6) is 0. The van der Waals surface area contributed by atoms with Crippen molar-refractivity contribution in [2.75, 3.05) is 10.2 Å². The van der Waals surface area contributed by atoms with E-state index in [9.17, 15) is 0 Å². The zero-order valence-electron chi connectivity index (χ0n) is 32.6. The highest BCUT2D eigenvalue weighted by atomic mass is 32.1. The number of aryl methyl sites for hydroxylation is 2.